The van der Waals surface area contributed by atoms with Gasteiger partial charge in [-0.1, -0.05) is 92.4 Å². The van der Waals surface area contributed by atoms with Crippen LogP contribution in [0.3, 0.4) is 0 Å². The van der Waals surface area contributed by atoms with Crippen LogP contribution >= 0.6 is 0 Å². The fourth-order valence-corrected chi connectivity index (χ4v) is 2.38. The van der Waals surface area contributed by atoms with Crippen molar-refractivity contribution in [3.05, 3.63) is 0 Å². The smallest absolute Gasteiger partial charge is 0.0417 e. The standard InChI is InChI=1S/C17H36/c1-6-15(3)13-11-9-8-10-12-14-17(5)16(4)7-2/h15-17H,6-14H2,1-5H3. The molecule has 0 bridgehead atoms. The van der Waals surface area contributed by atoms with Gasteiger partial charge >= 0.3 is 0 Å². The summed E-state index contributed by atoms with van der Waals surface area (Å²) in [4.78, 5) is 0. The zero-order valence-corrected chi connectivity index (χ0v) is 13.1. The van der Waals surface area contributed by atoms with Crippen LogP contribution in [0.5, 0.6) is 0 Å². The summed E-state index contributed by atoms with van der Waals surface area (Å²) in [5.41, 5.74) is 0. The maximum absolute atomic E-state index is 2.43. The van der Waals surface area contributed by atoms with Crippen molar-refractivity contribution >= 4 is 0 Å². The van der Waals surface area contributed by atoms with Crippen molar-refractivity contribution in [2.24, 2.45) is 17.8 Å². The molecule has 0 nitrogen and oxygen atoms in total. The normalized spacial score (nSPS) is 16.8. The van der Waals surface area contributed by atoms with E-state index in [1.54, 1.807) is 0 Å². The Morgan fingerprint density at radius 1 is 0.588 bits per heavy atom. The number of unbranched alkanes of at least 4 members (excludes halogenated alkanes) is 4. The quantitative estimate of drug-likeness (QED) is 0.364. The Morgan fingerprint density at radius 2 is 1.12 bits per heavy atom. The molecule has 0 spiro atoms. The minimum atomic E-state index is 0.917. The van der Waals surface area contributed by atoms with Crippen molar-refractivity contribution in [3.8, 4) is 0 Å². The van der Waals surface area contributed by atoms with E-state index in [9.17, 15) is 0 Å². The molecule has 0 rings (SSSR count). The van der Waals surface area contributed by atoms with Crippen molar-refractivity contribution in [3.63, 3.8) is 0 Å². The fraction of sp³-hybridized carbons (Fsp3) is 1.00. The van der Waals surface area contributed by atoms with Gasteiger partial charge in [0.25, 0.3) is 0 Å². The van der Waals surface area contributed by atoms with E-state index in [0.29, 0.717) is 0 Å². The molecule has 0 radical (unpaired) electrons. The highest BCUT2D eigenvalue weighted by molar-refractivity contribution is 4.60. The summed E-state index contributed by atoms with van der Waals surface area (Å²) in [5, 5.41) is 0. The van der Waals surface area contributed by atoms with Crippen molar-refractivity contribution in [2.75, 3.05) is 0 Å². The molecule has 0 N–H and O–H groups in total. The van der Waals surface area contributed by atoms with Crippen molar-refractivity contribution in [1.29, 1.82) is 0 Å². The van der Waals surface area contributed by atoms with Crippen molar-refractivity contribution in [1.82, 2.24) is 0 Å². The van der Waals surface area contributed by atoms with Crippen LogP contribution in [0.2, 0.25) is 0 Å². The zero-order chi connectivity index (χ0) is 13.1. The van der Waals surface area contributed by atoms with Gasteiger partial charge in [-0.25, -0.2) is 0 Å². The summed E-state index contributed by atoms with van der Waals surface area (Å²) >= 11 is 0. The van der Waals surface area contributed by atoms with Gasteiger partial charge < -0.3 is 0 Å². The monoisotopic (exact) mass is 240 g/mol. The van der Waals surface area contributed by atoms with E-state index in [4.69, 9.17) is 0 Å². The molecule has 0 saturated carbocycles. The summed E-state index contributed by atoms with van der Waals surface area (Å²) < 4.78 is 0. The third kappa shape index (κ3) is 9.68. The lowest BCUT2D eigenvalue weighted by Gasteiger charge is -2.17. The largest absolute Gasteiger partial charge is 0.0651 e. The average Bonchev–Trinajstić information content (AvgIpc) is 2.35. The highest BCUT2D eigenvalue weighted by Gasteiger charge is 2.09. The van der Waals surface area contributed by atoms with E-state index in [0.717, 1.165) is 17.8 Å². The molecule has 3 atom stereocenters. The third-order valence-corrected chi connectivity index (χ3v) is 4.67. The molecule has 104 valence electrons. The topological polar surface area (TPSA) is 0 Å². The van der Waals surface area contributed by atoms with Crippen molar-refractivity contribution < 1.29 is 0 Å². The van der Waals surface area contributed by atoms with Crippen LogP contribution in [0, 0.1) is 17.8 Å². The van der Waals surface area contributed by atoms with Gasteiger partial charge in [0.15, 0.2) is 0 Å². The van der Waals surface area contributed by atoms with Gasteiger partial charge in [0.2, 0.25) is 0 Å². The summed E-state index contributed by atoms with van der Waals surface area (Å²) in [6, 6.07) is 0. The molecule has 0 aliphatic heterocycles. The van der Waals surface area contributed by atoms with Gasteiger partial charge in [0.1, 0.15) is 0 Å². The molecular weight excluding hydrogens is 204 g/mol. The molecule has 0 aromatic heterocycles. The van der Waals surface area contributed by atoms with E-state index < -0.39 is 0 Å². The number of rotatable bonds is 11. The molecule has 0 heterocycles. The maximum Gasteiger partial charge on any atom is -0.0417 e. The fourth-order valence-electron chi connectivity index (χ4n) is 2.38. The summed E-state index contributed by atoms with van der Waals surface area (Å²) in [7, 11) is 0. The van der Waals surface area contributed by atoms with E-state index in [1.165, 1.54) is 57.8 Å². The number of hydrogen-bond donors (Lipinski definition) is 0. The summed E-state index contributed by atoms with van der Waals surface area (Å²) in [6.45, 7) is 11.8. The first kappa shape index (κ1) is 17.0. The predicted molar refractivity (Wildman–Crippen MR) is 80.4 cm³/mol. The van der Waals surface area contributed by atoms with Crippen LogP contribution in [0.1, 0.15) is 92.4 Å². The second-order valence-electron chi connectivity index (χ2n) is 6.22. The molecule has 0 aromatic rings. The molecule has 0 aliphatic carbocycles. The van der Waals surface area contributed by atoms with Crippen LogP contribution in [0.4, 0.5) is 0 Å². The first-order chi connectivity index (χ1) is 8.11. The Kier molecular flexibility index (Phi) is 11.1. The van der Waals surface area contributed by atoms with Crippen LogP contribution in [-0.2, 0) is 0 Å². The first-order valence-corrected chi connectivity index (χ1v) is 8.11. The Balaban J connectivity index is 3.23. The molecule has 0 aromatic carbocycles. The van der Waals surface area contributed by atoms with E-state index in [2.05, 4.69) is 34.6 Å². The Morgan fingerprint density at radius 3 is 1.65 bits per heavy atom. The predicted octanol–water partition coefficient (Wildman–Crippen LogP) is 6.45. The number of hydrogen-bond acceptors (Lipinski definition) is 0. The van der Waals surface area contributed by atoms with Crippen LogP contribution < -0.4 is 0 Å². The average molecular weight is 240 g/mol. The Labute approximate surface area is 111 Å². The van der Waals surface area contributed by atoms with Gasteiger partial charge in [0, 0.05) is 0 Å². The minimum absolute atomic E-state index is 0.917. The minimum Gasteiger partial charge on any atom is -0.0651 e. The SMILES string of the molecule is CCC(C)CCCCCCCC(C)C(C)CC. The molecule has 3 unspecified atom stereocenters. The zero-order valence-electron chi connectivity index (χ0n) is 13.1. The van der Waals surface area contributed by atoms with Gasteiger partial charge in [-0.15, -0.1) is 0 Å². The Bertz CT molecular complexity index is 150. The lowest BCUT2D eigenvalue weighted by molar-refractivity contribution is 0.341. The molecule has 0 amide bonds. The van der Waals surface area contributed by atoms with Gasteiger partial charge in [0.05, 0.1) is 0 Å². The van der Waals surface area contributed by atoms with Gasteiger partial charge in [-0.3, -0.25) is 0 Å². The Hall–Kier alpha value is 0. The molecule has 0 aliphatic rings. The van der Waals surface area contributed by atoms with Gasteiger partial charge in [-0.2, -0.15) is 0 Å². The summed E-state index contributed by atoms with van der Waals surface area (Å²) in [6.07, 6.45) is 12.9. The van der Waals surface area contributed by atoms with E-state index in [1.807, 2.05) is 0 Å². The molecule has 0 saturated heterocycles. The van der Waals surface area contributed by atoms with Crippen LogP contribution in [-0.4, -0.2) is 0 Å². The second kappa shape index (κ2) is 11.1. The van der Waals surface area contributed by atoms with Crippen molar-refractivity contribution in [2.45, 2.75) is 92.4 Å². The highest BCUT2D eigenvalue weighted by atomic mass is 14.1. The van der Waals surface area contributed by atoms with Crippen LogP contribution in [0.15, 0.2) is 0 Å². The lowest BCUT2D eigenvalue weighted by Crippen LogP contribution is -2.06. The van der Waals surface area contributed by atoms with E-state index >= 15 is 0 Å². The maximum atomic E-state index is 2.43. The molecule has 0 heteroatoms. The van der Waals surface area contributed by atoms with Gasteiger partial charge in [-0.05, 0) is 17.8 Å². The third-order valence-electron chi connectivity index (χ3n) is 4.67. The first-order valence-electron chi connectivity index (χ1n) is 8.11. The highest BCUT2D eigenvalue weighted by Crippen LogP contribution is 2.21. The van der Waals surface area contributed by atoms with E-state index in [-0.39, 0.29) is 0 Å². The second-order valence-corrected chi connectivity index (χ2v) is 6.22. The molecule has 17 heavy (non-hydrogen) atoms. The molecular formula is C17H36. The van der Waals surface area contributed by atoms with Crippen LogP contribution in [0.25, 0.3) is 0 Å². The lowest BCUT2D eigenvalue weighted by atomic mass is 9.89. The molecule has 0 fully saturated rings. The summed E-state index contributed by atoms with van der Waals surface area (Å²) in [5.74, 6) is 2.79.